The van der Waals surface area contributed by atoms with Gasteiger partial charge in [-0.15, -0.1) is 24.9 Å². The van der Waals surface area contributed by atoms with Gasteiger partial charge in [0.1, 0.15) is 6.04 Å². The lowest BCUT2D eigenvalue weighted by Gasteiger charge is -2.38. The number of unbranched alkanes of at least 4 members (excludes halogenated alkanes) is 2. The van der Waals surface area contributed by atoms with Crippen molar-refractivity contribution in [3.05, 3.63) is 67.8 Å². The van der Waals surface area contributed by atoms with E-state index in [0.29, 0.717) is 38.8 Å². The molecule has 6 atom stereocenters. The third kappa shape index (κ3) is 5.37. The molecule has 1 spiro atoms. The molecule has 2 aromatic rings. The van der Waals surface area contributed by atoms with Crippen LogP contribution in [0.1, 0.15) is 32.1 Å². The maximum absolute atomic E-state index is 14.7. The first-order valence-corrected chi connectivity index (χ1v) is 16.1. The molecule has 3 fully saturated rings. The van der Waals surface area contributed by atoms with Crippen molar-refractivity contribution in [3.63, 3.8) is 0 Å². The van der Waals surface area contributed by atoms with Gasteiger partial charge in [-0.25, -0.2) is 0 Å². The molecule has 0 aromatic heterocycles. The number of hydrogen-bond donors (Lipinski definition) is 1. The highest BCUT2D eigenvalue weighted by atomic mass is 79.9. The summed E-state index contributed by atoms with van der Waals surface area (Å²) < 4.78 is 4.86. The van der Waals surface area contributed by atoms with Crippen LogP contribution in [0.2, 0.25) is 0 Å². The topological polar surface area (TPSA) is 87.1 Å². The van der Waals surface area contributed by atoms with Crippen LogP contribution in [0.4, 0.5) is 5.69 Å². The fourth-order valence-corrected chi connectivity index (χ4v) is 10.4. The van der Waals surface area contributed by atoms with Crippen LogP contribution in [0.3, 0.4) is 0 Å². The van der Waals surface area contributed by atoms with Crippen molar-refractivity contribution in [1.29, 1.82) is 0 Å². The van der Waals surface area contributed by atoms with Crippen molar-refractivity contribution in [2.75, 3.05) is 31.2 Å². The minimum absolute atomic E-state index is 0.0216. The number of aliphatic hydroxyl groups is 1. The smallest absolute Gasteiger partial charge is 0.310 e. The number of carbonyl (C=O) groups is 3. The number of rotatable bonds is 13. The number of ether oxygens (including phenoxy) is 1. The fraction of sp³-hybridized carbons (Fsp3) is 0.469. The summed E-state index contributed by atoms with van der Waals surface area (Å²) in [6.07, 6.45) is 6.59. The molecule has 2 bridgehead atoms. The van der Waals surface area contributed by atoms with Crippen molar-refractivity contribution in [2.45, 2.75) is 53.0 Å². The van der Waals surface area contributed by atoms with Crippen molar-refractivity contribution >= 4 is 61.9 Å². The number of nitrogens with zero attached hydrogens (tertiary/aromatic N) is 2. The predicted molar refractivity (Wildman–Crippen MR) is 167 cm³/mol. The number of halogens is 1. The van der Waals surface area contributed by atoms with Gasteiger partial charge in [-0.2, -0.15) is 0 Å². The Balaban J connectivity index is 1.53. The molecule has 218 valence electrons. The Kier molecular flexibility index (Phi) is 9.26. The molecule has 3 unspecified atom stereocenters. The summed E-state index contributed by atoms with van der Waals surface area (Å²) in [6.45, 7) is 8.60. The standard InChI is InChI=1S/C32H37BrN2O5S/c1-3-5-18-40-31(39)25-26-29(37)35(16-9-6-10-17-36)28(32(26)20-24(33)27(25)41-32)30(38)34(15-4-2)23-14-13-21-11-7-8-12-22(21)19-23/h3-4,7-8,11-14,19,24-28,36H,1-2,5-6,9-10,15-18,20H2/t24?,25-,26-,27-,28?,32?/m0/s1. The Morgan fingerprint density at radius 3 is 2.66 bits per heavy atom. The van der Waals surface area contributed by atoms with E-state index < -0.39 is 22.6 Å². The molecule has 2 amide bonds. The molecule has 9 heteroatoms. The minimum Gasteiger partial charge on any atom is -0.465 e. The average molecular weight is 642 g/mol. The van der Waals surface area contributed by atoms with E-state index >= 15 is 0 Å². The van der Waals surface area contributed by atoms with Gasteiger partial charge in [0.2, 0.25) is 5.91 Å². The molecule has 0 radical (unpaired) electrons. The second kappa shape index (κ2) is 12.7. The number of benzene rings is 2. The van der Waals surface area contributed by atoms with Crippen LogP contribution in [0.5, 0.6) is 0 Å². The van der Waals surface area contributed by atoms with Crippen molar-refractivity contribution in [3.8, 4) is 0 Å². The van der Waals surface area contributed by atoms with Crippen molar-refractivity contribution in [2.24, 2.45) is 11.8 Å². The third-order valence-corrected chi connectivity index (χ3v) is 11.8. The molecular formula is C32H37BrN2O5S. The van der Waals surface area contributed by atoms with Gasteiger partial charge in [-0.1, -0.05) is 58.4 Å². The van der Waals surface area contributed by atoms with E-state index in [0.717, 1.165) is 22.9 Å². The number of alkyl halides is 1. The van der Waals surface area contributed by atoms with Crippen molar-refractivity contribution < 1.29 is 24.2 Å². The van der Waals surface area contributed by atoms with E-state index in [1.807, 2.05) is 42.5 Å². The van der Waals surface area contributed by atoms with Gasteiger partial charge < -0.3 is 19.6 Å². The lowest BCUT2D eigenvalue weighted by Crippen LogP contribution is -2.55. The zero-order valence-corrected chi connectivity index (χ0v) is 25.5. The van der Waals surface area contributed by atoms with Gasteiger partial charge >= 0.3 is 5.97 Å². The SMILES string of the molecule is C=CCCOC(=O)[C@H]1[C@H]2C(=O)N(CCCCCO)C(C(=O)N(CC=C)c3ccc4ccccc4c3)C23CC(Br)[C@@H]1S3. The largest absolute Gasteiger partial charge is 0.465 e. The van der Waals surface area contributed by atoms with Gasteiger partial charge in [-0.3, -0.25) is 14.4 Å². The summed E-state index contributed by atoms with van der Waals surface area (Å²) in [7, 11) is 0. The Hall–Kier alpha value is -2.62. The number of esters is 1. The average Bonchev–Trinajstić information content (AvgIpc) is 3.56. The van der Waals surface area contributed by atoms with Crippen LogP contribution >= 0.6 is 27.7 Å². The number of thioether (sulfide) groups is 1. The number of carbonyl (C=O) groups excluding carboxylic acids is 3. The first kappa shape index (κ1) is 29.9. The molecule has 5 rings (SSSR count). The molecule has 3 heterocycles. The molecular weight excluding hydrogens is 604 g/mol. The van der Waals surface area contributed by atoms with Gasteiger partial charge in [0.25, 0.3) is 5.91 Å². The summed E-state index contributed by atoms with van der Waals surface area (Å²) in [6, 6.07) is 13.2. The Morgan fingerprint density at radius 2 is 1.93 bits per heavy atom. The minimum atomic E-state index is -0.748. The van der Waals surface area contributed by atoms with Crippen LogP contribution in [-0.2, 0) is 19.1 Å². The highest BCUT2D eigenvalue weighted by molar-refractivity contribution is 9.09. The molecule has 3 saturated heterocycles. The quantitative estimate of drug-likeness (QED) is 0.142. The summed E-state index contributed by atoms with van der Waals surface area (Å²) >= 11 is 5.41. The number of likely N-dealkylation sites (tertiary alicyclic amines) is 1. The number of fused-ring (bicyclic) bond motifs is 2. The van der Waals surface area contributed by atoms with Crippen LogP contribution in [0.15, 0.2) is 67.8 Å². The maximum Gasteiger partial charge on any atom is 0.310 e. The first-order chi connectivity index (χ1) is 19.9. The number of anilines is 1. The van der Waals surface area contributed by atoms with Crippen LogP contribution in [0, 0.1) is 11.8 Å². The molecule has 2 aromatic carbocycles. The Bertz CT molecular complexity index is 1340. The second-order valence-corrected chi connectivity index (χ2v) is 13.7. The van der Waals surface area contributed by atoms with E-state index in [1.165, 1.54) is 0 Å². The van der Waals surface area contributed by atoms with Crippen molar-refractivity contribution in [1.82, 2.24) is 4.90 Å². The molecule has 1 N–H and O–H groups in total. The van der Waals surface area contributed by atoms with E-state index in [1.54, 1.807) is 33.7 Å². The van der Waals surface area contributed by atoms with E-state index in [9.17, 15) is 19.5 Å². The Labute approximate surface area is 254 Å². The first-order valence-electron chi connectivity index (χ1n) is 14.3. The molecule has 3 aliphatic heterocycles. The van der Waals surface area contributed by atoms with Gasteiger partial charge in [0.05, 0.1) is 23.2 Å². The summed E-state index contributed by atoms with van der Waals surface area (Å²) in [5.74, 6) is -1.94. The number of aliphatic hydroxyl groups excluding tert-OH is 1. The Morgan fingerprint density at radius 1 is 1.15 bits per heavy atom. The highest BCUT2D eigenvalue weighted by Gasteiger charge is 2.76. The summed E-state index contributed by atoms with van der Waals surface area (Å²) in [5, 5.41) is 11.2. The molecule has 3 aliphatic rings. The number of hydrogen-bond acceptors (Lipinski definition) is 6. The van der Waals surface area contributed by atoms with E-state index in [4.69, 9.17) is 4.74 Å². The zero-order chi connectivity index (χ0) is 29.1. The monoisotopic (exact) mass is 640 g/mol. The predicted octanol–water partition coefficient (Wildman–Crippen LogP) is 5.11. The zero-order valence-electron chi connectivity index (χ0n) is 23.1. The lowest BCUT2D eigenvalue weighted by molar-refractivity contribution is -0.154. The summed E-state index contributed by atoms with van der Waals surface area (Å²) in [5.41, 5.74) is 0.745. The van der Waals surface area contributed by atoms with Gasteiger partial charge in [-0.05, 0) is 55.0 Å². The number of amides is 2. The van der Waals surface area contributed by atoms with E-state index in [-0.39, 0.29) is 41.1 Å². The molecule has 41 heavy (non-hydrogen) atoms. The third-order valence-electron chi connectivity index (χ3n) is 8.54. The van der Waals surface area contributed by atoms with Crippen LogP contribution < -0.4 is 4.90 Å². The maximum atomic E-state index is 14.7. The van der Waals surface area contributed by atoms with E-state index in [2.05, 4.69) is 29.1 Å². The lowest BCUT2D eigenvalue weighted by atomic mass is 9.71. The highest BCUT2D eigenvalue weighted by Crippen LogP contribution is 2.68. The molecule has 0 saturated carbocycles. The van der Waals surface area contributed by atoms with Gasteiger partial charge in [0, 0.05) is 35.5 Å². The van der Waals surface area contributed by atoms with Crippen LogP contribution in [-0.4, -0.2) is 75.0 Å². The molecule has 7 nitrogen and oxygen atoms in total. The van der Waals surface area contributed by atoms with Gasteiger partial charge in [0.15, 0.2) is 0 Å². The fourth-order valence-electron chi connectivity index (χ4n) is 6.77. The molecule has 0 aliphatic carbocycles. The normalized spacial score (nSPS) is 28.1. The summed E-state index contributed by atoms with van der Waals surface area (Å²) in [4.78, 5) is 45.8. The van der Waals surface area contributed by atoms with Crippen LogP contribution in [0.25, 0.3) is 10.8 Å². The second-order valence-electron chi connectivity index (χ2n) is 11.0.